The van der Waals surface area contributed by atoms with E-state index in [0.717, 1.165) is 52.6 Å². The highest BCUT2D eigenvalue weighted by atomic mass is 35.5. The molecule has 2 aromatic rings. The first-order valence-electron chi connectivity index (χ1n) is 10.2. The molecule has 3 rings (SSSR count). The molecule has 0 aromatic heterocycles. The van der Waals surface area contributed by atoms with E-state index in [1.807, 2.05) is 24.3 Å². The third kappa shape index (κ3) is 5.85. The standard InChI is InChI=1S/C22H26ClFN4O3S/c1-27(13-9-16-3-5-17(6-4-16)22-25-11-12-26-22)21(29)10-14-28(2)32(30,31)20-8-7-18(24)15-19(20)23/h3-8,15H,9-14H2,1-2H3,(H,25,26). The van der Waals surface area contributed by atoms with Crippen molar-refractivity contribution in [2.24, 2.45) is 4.99 Å². The van der Waals surface area contributed by atoms with Crippen molar-refractivity contribution in [2.45, 2.75) is 17.7 Å². The third-order valence-electron chi connectivity index (χ3n) is 5.29. The van der Waals surface area contributed by atoms with Crippen LogP contribution >= 0.6 is 11.6 Å². The summed E-state index contributed by atoms with van der Waals surface area (Å²) >= 11 is 5.89. The number of likely N-dealkylation sites (N-methyl/N-ethyl adjacent to an activating group) is 1. The number of amides is 1. The minimum absolute atomic E-state index is 0.0109. The highest BCUT2D eigenvalue weighted by Crippen LogP contribution is 2.24. The molecule has 0 aliphatic carbocycles. The van der Waals surface area contributed by atoms with E-state index in [2.05, 4.69) is 10.3 Å². The molecule has 0 spiro atoms. The average molecular weight is 481 g/mol. The minimum Gasteiger partial charge on any atom is -0.368 e. The van der Waals surface area contributed by atoms with Crippen molar-refractivity contribution in [3.05, 3.63) is 64.4 Å². The lowest BCUT2D eigenvalue weighted by molar-refractivity contribution is -0.129. The number of benzene rings is 2. The quantitative estimate of drug-likeness (QED) is 0.598. The Labute approximate surface area is 192 Å². The zero-order valence-electron chi connectivity index (χ0n) is 18.0. The van der Waals surface area contributed by atoms with Crippen LogP contribution in [0.4, 0.5) is 4.39 Å². The molecular formula is C22H26ClFN4O3S. The van der Waals surface area contributed by atoms with Crippen LogP contribution in [0.1, 0.15) is 17.5 Å². The number of nitrogens with one attached hydrogen (secondary N) is 1. The van der Waals surface area contributed by atoms with Gasteiger partial charge in [0.1, 0.15) is 16.5 Å². The summed E-state index contributed by atoms with van der Waals surface area (Å²) in [4.78, 5) is 18.3. The van der Waals surface area contributed by atoms with Gasteiger partial charge in [-0.15, -0.1) is 0 Å². The Morgan fingerprint density at radius 1 is 1.16 bits per heavy atom. The first-order valence-corrected chi connectivity index (χ1v) is 12.0. The molecule has 0 radical (unpaired) electrons. The van der Waals surface area contributed by atoms with Gasteiger partial charge in [-0.25, -0.2) is 17.1 Å². The summed E-state index contributed by atoms with van der Waals surface area (Å²) < 4.78 is 39.6. The topological polar surface area (TPSA) is 82.1 Å². The predicted octanol–water partition coefficient (Wildman–Crippen LogP) is 2.54. The van der Waals surface area contributed by atoms with Gasteiger partial charge < -0.3 is 10.2 Å². The molecule has 0 saturated carbocycles. The summed E-state index contributed by atoms with van der Waals surface area (Å²) in [6.45, 7) is 2.15. The highest BCUT2D eigenvalue weighted by Gasteiger charge is 2.24. The average Bonchev–Trinajstić information content (AvgIpc) is 3.30. The molecule has 0 fully saturated rings. The molecule has 1 heterocycles. The van der Waals surface area contributed by atoms with Crippen LogP contribution in [0.2, 0.25) is 5.02 Å². The second-order valence-electron chi connectivity index (χ2n) is 7.57. The summed E-state index contributed by atoms with van der Waals surface area (Å²) in [5, 5.41) is 3.04. The monoisotopic (exact) mass is 480 g/mol. The number of hydrogen-bond acceptors (Lipinski definition) is 5. The number of sulfonamides is 1. The molecule has 1 aliphatic heterocycles. The number of nitrogens with zero attached hydrogens (tertiary/aromatic N) is 3. The number of aliphatic imine (C=N–C) groups is 1. The van der Waals surface area contributed by atoms with Crippen LogP contribution in [0, 0.1) is 5.82 Å². The van der Waals surface area contributed by atoms with Gasteiger partial charge in [0, 0.05) is 45.7 Å². The van der Waals surface area contributed by atoms with Gasteiger partial charge >= 0.3 is 0 Å². The van der Waals surface area contributed by atoms with E-state index in [0.29, 0.717) is 13.0 Å². The number of carbonyl (C=O) groups is 1. The van der Waals surface area contributed by atoms with Crippen LogP contribution in [0.15, 0.2) is 52.4 Å². The van der Waals surface area contributed by atoms with Gasteiger partial charge in [-0.05, 0) is 30.2 Å². The van der Waals surface area contributed by atoms with Gasteiger partial charge in [0.25, 0.3) is 0 Å². The molecule has 172 valence electrons. The Morgan fingerprint density at radius 2 is 1.88 bits per heavy atom. The lowest BCUT2D eigenvalue weighted by Crippen LogP contribution is -2.34. The summed E-state index contributed by atoms with van der Waals surface area (Å²) in [5.74, 6) is 0.121. The van der Waals surface area contributed by atoms with E-state index in [-0.39, 0.29) is 28.8 Å². The normalized spacial score (nSPS) is 13.7. The van der Waals surface area contributed by atoms with Gasteiger partial charge in [-0.3, -0.25) is 9.79 Å². The van der Waals surface area contributed by atoms with Crippen molar-refractivity contribution in [3.8, 4) is 0 Å². The van der Waals surface area contributed by atoms with Crippen molar-refractivity contribution in [3.63, 3.8) is 0 Å². The van der Waals surface area contributed by atoms with Crippen LogP contribution in [-0.4, -0.2) is 69.6 Å². The Morgan fingerprint density at radius 3 is 2.50 bits per heavy atom. The Kier molecular flexibility index (Phi) is 7.86. The molecule has 1 aliphatic rings. The number of halogens is 2. The van der Waals surface area contributed by atoms with Crippen molar-refractivity contribution in [1.82, 2.24) is 14.5 Å². The lowest BCUT2D eigenvalue weighted by atomic mass is 10.1. The molecule has 0 atom stereocenters. The second kappa shape index (κ2) is 10.4. The molecule has 1 N–H and O–H groups in total. The second-order valence-corrected chi connectivity index (χ2v) is 9.99. The Hall–Kier alpha value is -2.49. The Bertz CT molecular complexity index is 1110. The number of amidine groups is 1. The maximum Gasteiger partial charge on any atom is 0.244 e. The van der Waals surface area contributed by atoms with Crippen LogP contribution in [-0.2, 0) is 21.2 Å². The lowest BCUT2D eigenvalue weighted by Gasteiger charge is -2.21. The van der Waals surface area contributed by atoms with E-state index < -0.39 is 15.8 Å². The summed E-state index contributed by atoms with van der Waals surface area (Å²) in [6.07, 6.45) is 0.706. The fourth-order valence-electron chi connectivity index (χ4n) is 3.26. The molecule has 32 heavy (non-hydrogen) atoms. The molecule has 10 heteroatoms. The molecule has 0 saturated heterocycles. The van der Waals surface area contributed by atoms with Gasteiger partial charge in [-0.1, -0.05) is 35.9 Å². The maximum atomic E-state index is 13.2. The number of hydrogen-bond donors (Lipinski definition) is 1. The number of carbonyl (C=O) groups excluding carboxylic acids is 1. The molecule has 0 bridgehead atoms. The summed E-state index contributed by atoms with van der Waals surface area (Å²) in [6, 6.07) is 11.2. The van der Waals surface area contributed by atoms with E-state index in [1.165, 1.54) is 7.05 Å². The smallest absolute Gasteiger partial charge is 0.244 e. The van der Waals surface area contributed by atoms with Crippen molar-refractivity contribution >= 4 is 33.4 Å². The van der Waals surface area contributed by atoms with Gasteiger partial charge in [0.2, 0.25) is 15.9 Å². The van der Waals surface area contributed by atoms with Gasteiger partial charge in [0.15, 0.2) is 0 Å². The summed E-state index contributed by atoms with van der Waals surface area (Å²) in [7, 11) is -0.863. The highest BCUT2D eigenvalue weighted by molar-refractivity contribution is 7.89. The molecule has 2 aromatic carbocycles. The van der Waals surface area contributed by atoms with Crippen molar-refractivity contribution in [2.75, 3.05) is 40.3 Å². The van der Waals surface area contributed by atoms with Crippen LogP contribution in [0.5, 0.6) is 0 Å². The maximum absolute atomic E-state index is 13.2. The molecule has 0 unspecified atom stereocenters. The van der Waals surface area contributed by atoms with Crippen LogP contribution in [0.3, 0.4) is 0 Å². The van der Waals surface area contributed by atoms with Crippen molar-refractivity contribution < 1.29 is 17.6 Å². The van der Waals surface area contributed by atoms with Crippen LogP contribution in [0.25, 0.3) is 0 Å². The fraction of sp³-hybridized carbons (Fsp3) is 0.364. The number of rotatable bonds is 9. The van der Waals surface area contributed by atoms with Gasteiger partial charge in [-0.2, -0.15) is 0 Å². The molecule has 1 amide bonds. The molecular weight excluding hydrogens is 455 g/mol. The predicted molar refractivity (Wildman–Crippen MR) is 123 cm³/mol. The van der Waals surface area contributed by atoms with E-state index >= 15 is 0 Å². The molecule has 7 nitrogen and oxygen atoms in total. The van der Waals surface area contributed by atoms with E-state index in [1.54, 1.807) is 11.9 Å². The van der Waals surface area contributed by atoms with Crippen molar-refractivity contribution in [1.29, 1.82) is 0 Å². The fourth-order valence-corrected chi connectivity index (χ4v) is 4.93. The van der Waals surface area contributed by atoms with E-state index in [9.17, 15) is 17.6 Å². The van der Waals surface area contributed by atoms with E-state index in [4.69, 9.17) is 11.6 Å². The zero-order valence-corrected chi connectivity index (χ0v) is 19.6. The first-order chi connectivity index (χ1) is 15.2. The third-order valence-corrected chi connectivity index (χ3v) is 7.63. The van der Waals surface area contributed by atoms with Gasteiger partial charge in [0.05, 0.1) is 11.6 Å². The summed E-state index contributed by atoms with van der Waals surface area (Å²) in [5.41, 5.74) is 2.14. The Balaban J connectivity index is 1.49. The zero-order chi connectivity index (χ0) is 23.3. The first kappa shape index (κ1) is 24.2. The SMILES string of the molecule is CN(CCc1ccc(C2=NCCN2)cc1)C(=O)CCN(C)S(=O)(=O)c1ccc(F)cc1Cl. The minimum atomic E-state index is -3.93. The largest absolute Gasteiger partial charge is 0.368 e. The van der Waals surface area contributed by atoms with Crippen LogP contribution < -0.4 is 5.32 Å².